The minimum Gasteiger partial charge on any atom is -0.350 e. The van der Waals surface area contributed by atoms with E-state index in [1.165, 1.54) is 0 Å². The second kappa shape index (κ2) is 4.41. The molecule has 14 heavy (non-hydrogen) atoms. The molecule has 0 bridgehead atoms. The molecule has 0 aromatic carbocycles. The van der Waals surface area contributed by atoms with E-state index in [0.717, 1.165) is 6.42 Å². The van der Waals surface area contributed by atoms with E-state index < -0.39 is 5.79 Å². The summed E-state index contributed by atoms with van der Waals surface area (Å²) in [6, 6.07) is 0. The van der Waals surface area contributed by atoms with Crippen LogP contribution in [-0.4, -0.2) is 24.3 Å². The van der Waals surface area contributed by atoms with Crippen molar-refractivity contribution in [3.8, 4) is 0 Å². The fourth-order valence-corrected chi connectivity index (χ4v) is 1.76. The summed E-state index contributed by atoms with van der Waals surface area (Å²) < 4.78 is 11.1. The standard InChI is InChI=1S/C11H20O3/c1-5-9(12)8(2)10-6-7-13-11(3,4)14-10/h8,10H,5-7H2,1-4H3. The third-order valence-electron chi connectivity index (χ3n) is 2.70. The number of hydrogen-bond donors (Lipinski definition) is 0. The van der Waals surface area contributed by atoms with Crippen LogP contribution >= 0.6 is 0 Å². The molecule has 1 aliphatic rings. The van der Waals surface area contributed by atoms with Gasteiger partial charge in [-0.05, 0) is 20.3 Å². The maximum atomic E-state index is 11.5. The molecule has 1 saturated heterocycles. The van der Waals surface area contributed by atoms with Gasteiger partial charge in [0, 0.05) is 12.3 Å². The van der Waals surface area contributed by atoms with Gasteiger partial charge in [-0.2, -0.15) is 0 Å². The quantitative estimate of drug-likeness (QED) is 0.700. The van der Waals surface area contributed by atoms with Gasteiger partial charge in [0.2, 0.25) is 0 Å². The highest BCUT2D eigenvalue weighted by Crippen LogP contribution is 2.27. The summed E-state index contributed by atoms with van der Waals surface area (Å²) in [4.78, 5) is 11.5. The first-order valence-corrected chi connectivity index (χ1v) is 5.31. The normalized spacial score (nSPS) is 28.4. The summed E-state index contributed by atoms with van der Waals surface area (Å²) in [5.41, 5.74) is 0. The minimum absolute atomic E-state index is 0.0109. The summed E-state index contributed by atoms with van der Waals surface area (Å²) in [6.45, 7) is 8.30. The largest absolute Gasteiger partial charge is 0.350 e. The molecule has 2 atom stereocenters. The number of carbonyl (C=O) groups is 1. The van der Waals surface area contributed by atoms with Crippen molar-refractivity contribution in [1.29, 1.82) is 0 Å². The van der Waals surface area contributed by atoms with Crippen molar-refractivity contribution in [2.24, 2.45) is 5.92 Å². The molecule has 0 N–H and O–H groups in total. The van der Waals surface area contributed by atoms with Crippen LogP contribution in [0.1, 0.15) is 40.5 Å². The van der Waals surface area contributed by atoms with Gasteiger partial charge in [-0.25, -0.2) is 0 Å². The molecule has 1 aliphatic heterocycles. The van der Waals surface area contributed by atoms with Crippen LogP contribution < -0.4 is 0 Å². The molecule has 3 heteroatoms. The molecule has 0 aromatic rings. The molecule has 0 aliphatic carbocycles. The number of rotatable bonds is 3. The second-order valence-electron chi connectivity index (χ2n) is 4.30. The molecular weight excluding hydrogens is 180 g/mol. The average Bonchev–Trinajstić information content (AvgIpc) is 2.14. The predicted octanol–water partition coefficient (Wildman–Crippen LogP) is 2.14. The van der Waals surface area contributed by atoms with E-state index in [2.05, 4.69) is 0 Å². The van der Waals surface area contributed by atoms with E-state index in [0.29, 0.717) is 13.0 Å². The van der Waals surface area contributed by atoms with E-state index >= 15 is 0 Å². The Balaban J connectivity index is 2.56. The fourth-order valence-electron chi connectivity index (χ4n) is 1.76. The molecule has 0 aromatic heterocycles. The van der Waals surface area contributed by atoms with Crippen molar-refractivity contribution in [2.75, 3.05) is 6.61 Å². The summed E-state index contributed by atoms with van der Waals surface area (Å²) in [5, 5.41) is 0. The van der Waals surface area contributed by atoms with Gasteiger partial charge < -0.3 is 9.47 Å². The Hall–Kier alpha value is -0.410. The molecule has 1 fully saturated rings. The lowest BCUT2D eigenvalue weighted by atomic mass is 9.95. The molecule has 0 saturated carbocycles. The Labute approximate surface area is 85.8 Å². The van der Waals surface area contributed by atoms with Gasteiger partial charge in [0.05, 0.1) is 12.7 Å². The Morgan fingerprint density at radius 2 is 2.21 bits per heavy atom. The molecule has 0 radical (unpaired) electrons. The minimum atomic E-state index is -0.537. The third-order valence-corrected chi connectivity index (χ3v) is 2.70. The van der Waals surface area contributed by atoms with E-state index in [-0.39, 0.29) is 17.8 Å². The number of hydrogen-bond acceptors (Lipinski definition) is 3. The van der Waals surface area contributed by atoms with Crippen LogP contribution in [0.5, 0.6) is 0 Å². The predicted molar refractivity (Wildman–Crippen MR) is 54.0 cm³/mol. The van der Waals surface area contributed by atoms with Crippen LogP contribution in [0.15, 0.2) is 0 Å². The smallest absolute Gasteiger partial charge is 0.163 e. The summed E-state index contributed by atoms with van der Waals surface area (Å²) in [6.07, 6.45) is 1.42. The highest BCUT2D eigenvalue weighted by atomic mass is 16.7. The van der Waals surface area contributed by atoms with E-state index in [9.17, 15) is 4.79 Å². The first-order chi connectivity index (χ1) is 6.46. The van der Waals surface area contributed by atoms with Gasteiger partial charge in [0.25, 0.3) is 0 Å². The van der Waals surface area contributed by atoms with Crippen LogP contribution in [0.3, 0.4) is 0 Å². The summed E-state index contributed by atoms with van der Waals surface area (Å²) in [7, 11) is 0. The highest BCUT2D eigenvalue weighted by Gasteiger charge is 2.34. The second-order valence-corrected chi connectivity index (χ2v) is 4.30. The molecule has 3 nitrogen and oxygen atoms in total. The maximum Gasteiger partial charge on any atom is 0.163 e. The van der Waals surface area contributed by atoms with Gasteiger partial charge in [0.15, 0.2) is 5.79 Å². The van der Waals surface area contributed by atoms with Crippen molar-refractivity contribution in [1.82, 2.24) is 0 Å². The molecule has 0 spiro atoms. The number of Topliss-reactive ketones (excluding diaryl/α,β-unsaturated/α-hetero) is 1. The zero-order chi connectivity index (χ0) is 10.8. The first kappa shape index (κ1) is 11.7. The Morgan fingerprint density at radius 3 is 2.71 bits per heavy atom. The topological polar surface area (TPSA) is 35.5 Å². The van der Waals surface area contributed by atoms with Gasteiger partial charge >= 0.3 is 0 Å². The SMILES string of the molecule is CCC(=O)C(C)C1CCOC(C)(C)O1. The van der Waals surface area contributed by atoms with Crippen molar-refractivity contribution in [3.63, 3.8) is 0 Å². The van der Waals surface area contributed by atoms with Crippen LogP contribution in [0.4, 0.5) is 0 Å². The zero-order valence-corrected chi connectivity index (χ0v) is 9.50. The van der Waals surface area contributed by atoms with Gasteiger partial charge in [0.1, 0.15) is 5.78 Å². The molecule has 82 valence electrons. The molecule has 2 unspecified atom stereocenters. The average molecular weight is 200 g/mol. The van der Waals surface area contributed by atoms with Crippen molar-refractivity contribution in [2.45, 2.75) is 52.4 Å². The van der Waals surface area contributed by atoms with E-state index in [4.69, 9.17) is 9.47 Å². The first-order valence-electron chi connectivity index (χ1n) is 5.31. The van der Waals surface area contributed by atoms with Crippen LogP contribution in [0.25, 0.3) is 0 Å². The van der Waals surface area contributed by atoms with E-state index in [1.54, 1.807) is 0 Å². The number of carbonyl (C=O) groups excluding carboxylic acids is 1. The van der Waals surface area contributed by atoms with Crippen molar-refractivity contribution < 1.29 is 14.3 Å². The van der Waals surface area contributed by atoms with Crippen LogP contribution in [0, 0.1) is 5.92 Å². The monoisotopic (exact) mass is 200 g/mol. The lowest BCUT2D eigenvalue weighted by Crippen LogP contribution is -2.44. The van der Waals surface area contributed by atoms with Gasteiger partial charge in [-0.1, -0.05) is 13.8 Å². The third kappa shape index (κ3) is 2.79. The van der Waals surface area contributed by atoms with Gasteiger partial charge in [-0.3, -0.25) is 4.79 Å². The number of ketones is 1. The molecule has 1 rings (SSSR count). The summed E-state index contributed by atoms with van der Waals surface area (Å²) >= 11 is 0. The van der Waals surface area contributed by atoms with Crippen LogP contribution in [-0.2, 0) is 14.3 Å². The Morgan fingerprint density at radius 1 is 1.57 bits per heavy atom. The Kier molecular flexibility index (Phi) is 3.67. The van der Waals surface area contributed by atoms with Crippen molar-refractivity contribution >= 4 is 5.78 Å². The zero-order valence-electron chi connectivity index (χ0n) is 9.50. The maximum absolute atomic E-state index is 11.5. The lowest BCUT2D eigenvalue weighted by Gasteiger charge is -2.38. The van der Waals surface area contributed by atoms with Crippen LogP contribution in [0.2, 0.25) is 0 Å². The number of ether oxygens (including phenoxy) is 2. The van der Waals surface area contributed by atoms with E-state index in [1.807, 2.05) is 27.7 Å². The summed E-state index contributed by atoms with van der Waals surface area (Å²) in [5.74, 6) is -0.276. The molecule has 1 heterocycles. The lowest BCUT2D eigenvalue weighted by molar-refractivity contribution is -0.279. The fraction of sp³-hybridized carbons (Fsp3) is 0.909. The molecular formula is C11H20O3. The van der Waals surface area contributed by atoms with Crippen molar-refractivity contribution in [3.05, 3.63) is 0 Å². The van der Waals surface area contributed by atoms with Gasteiger partial charge in [-0.15, -0.1) is 0 Å². The molecule has 0 amide bonds. The Bertz CT molecular complexity index is 211. The highest BCUT2D eigenvalue weighted by molar-refractivity contribution is 5.80.